The molecule has 1 aromatic carbocycles. The third-order valence-electron chi connectivity index (χ3n) is 2.45. The van der Waals surface area contributed by atoms with E-state index in [4.69, 9.17) is 23.7 Å². The topological polar surface area (TPSA) is 84.4 Å². The average Bonchev–Trinajstić information content (AvgIpc) is 2.28. The summed E-state index contributed by atoms with van der Waals surface area (Å²) < 4.78 is 0. The van der Waals surface area contributed by atoms with Gasteiger partial charge in [0.05, 0.1) is 0 Å². The largest absolute Gasteiger partial charge is 0.317 e. The van der Waals surface area contributed by atoms with Gasteiger partial charge in [-0.1, -0.05) is 18.2 Å². The molecule has 6 heteroatoms. The number of para-hydroxylation sites is 1. The van der Waals surface area contributed by atoms with E-state index in [-0.39, 0.29) is 11.0 Å². The van der Waals surface area contributed by atoms with Crippen LogP contribution >= 0.6 is 12.2 Å². The van der Waals surface area contributed by atoms with Gasteiger partial charge in [0.1, 0.15) is 12.2 Å². The number of hydrogen-bond acceptors (Lipinski definition) is 4. The molecule has 2 unspecified atom stereocenters. The maximum Gasteiger partial charge on any atom is 0.246 e. The van der Waals surface area contributed by atoms with E-state index < -0.39 is 12.2 Å². The second-order valence-electron chi connectivity index (χ2n) is 3.52. The summed E-state index contributed by atoms with van der Waals surface area (Å²) in [6.07, 6.45) is -0.636. The van der Waals surface area contributed by atoms with Gasteiger partial charge in [0, 0.05) is 5.69 Å². The van der Waals surface area contributed by atoms with Crippen molar-refractivity contribution in [2.24, 2.45) is 11.5 Å². The number of carbonyl (C=O) groups is 1. The Hall–Kier alpha value is -1.50. The van der Waals surface area contributed by atoms with E-state index in [0.717, 1.165) is 5.69 Å². The molecule has 1 aliphatic rings. The summed E-state index contributed by atoms with van der Waals surface area (Å²) in [4.78, 5) is 13.0. The highest BCUT2D eigenvalue weighted by Crippen LogP contribution is 2.18. The molecule has 0 aromatic heterocycles. The molecule has 0 spiro atoms. The Morgan fingerprint density at radius 2 is 1.88 bits per heavy atom. The summed E-state index contributed by atoms with van der Waals surface area (Å²) >= 11 is 5.07. The molecule has 5 N–H and O–H groups in total. The SMILES string of the molecule is NC1C(=O)NC(=S)N(c2ccccc2)C1N. The molecule has 5 nitrogen and oxygen atoms in total. The van der Waals surface area contributed by atoms with Crippen molar-refractivity contribution in [2.75, 3.05) is 4.90 Å². The Labute approximate surface area is 98.4 Å². The first-order chi connectivity index (χ1) is 7.61. The number of thiocarbonyl (C=S) groups is 1. The summed E-state index contributed by atoms with van der Waals surface area (Å²) in [5.74, 6) is -0.343. The minimum Gasteiger partial charge on any atom is -0.317 e. The molecule has 1 aliphatic heterocycles. The van der Waals surface area contributed by atoms with Gasteiger partial charge in [-0.2, -0.15) is 0 Å². The van der Waals surface area contributed by atoms with Crippen LogP contribution in [0.4, 0.5) is 5.69 Å². The first kappa shape index (κ1) is 11.0. The Morgan fingerprint density at radius 1 is 1.25 bits per heavy atom. The maximum atomic E-state index is 11.4. The highest BCUT2D eigenvalue weighted by atomic mass is 32.1. The Kier molecular flexibility index (Phi) is 2.86. The van der Waals surface area contributed by atoms with Crippen LogP contribution < -0.4 is 21.7 Å². The van der Waals surface area contributed by atoms with Crippen molar-refractivity contribution in [1.82, 2.24) is 5.32 Å². The molecule has 84 valence electrons. The van der Waals surface area contributed by atoms with Gasteiger partial charge in [0.2, 0.25) is 5.91 Å². The quantitative estimate of drug-likeness (QED) is 0.574. The van der Waals surface area contributed by atoms with Gasteiger partial charge in [-0.3, -0.25) is 4.79 Å². The van der Waals surface area contributed by atoms with Gasteiger partial charge >= 0.3 is 0 Å². The summed E-state index contributed by atoms with van der Waals surface area (Å²) in [6, 6.07) is 8.55. The normalized spacial score (nSPS) is 25.5. The van der Waals surface area contributed by atoms with E-state index in [1.165, 1.54) is 0 Å². The highest BCUT2D eigenvalue weighted by Gasteiger charge is 2.35. The zero-order valence-electron chi connectivity index (χ0n) is 8.46. The van der Waals surface area contributed by atoms with E-state index in [1.54, 1.807) is 4.90 Å². The van der Waals surface area contributed by atoms with Gasteiger partial charge in [-0.25, -0.2) is 0 Å². The maximum absolute atomic E-state index is 11.4. The van der Waals surface area contributed by atoms with Crippen molar-refractivity contribution in [3.8, 4) is 0 Å². The molecule has 1 saturated heterocycles. The number of anilines is 1. The summed E-state index contributed by atoms with van der Waals surface area (Å²) in [5.41, 5.74) is 12.4. The molecule has 0 radical (unpaired) electrons. The predicted octanol–water partition coefficient (Wildman–Crippen LogP) is -0.480. The fraction of sp³-hybridized carbons (Fsp3) is 0.200. The summed E-state index contributed by atoms with van der Waals surface area (Å²) in [6.45, 7) is 0. The van der Waals surface area contributed by atoms with Gasteiger partial charge in [0.25, 0.3) is 0 Å². The molecule has 0 bridgehead atoms. The fourth-order valence-corrected chi connectivity index (χ4v) is 1.91. The van der Waals surface area contributed by atoms with Gasteiger partial charge in [-0.15, -0.1) is 0 Å². The number of amides is 1. The van der Waals surface area contributed by atoms with Crippen molar-refractivity contribution in [2.45, 2.75) is 12.2 Å². The van der Waals surface area contributed by atoms with Crippen molar-refractivity contribution in [1.29, 1.82) is 0 Å². The molecule has 2 atom stereocenters. The van der Waals surface area contributed by atoms with Crippen LogP contribution in [0.15, 0.2) is 30.3 Å². The van der Waals surface area contributed by atoms with Crippen LogP contribution in [0.25, 0.3) is 0 Å². The number of benzene rings is 1. The third-order valence-corrected chi connectivity index (χ3v) is 2.75. The minimum absolute atomic E-state index is 0.283. The van der Waals surface area contributed by atoms with Gasteiger partial charge in [0.15, 0.2) is 5.11 Å². The lowest BCUT2D eigenvalue weighted by atomic mass is 10.1. The van der Waals surface area contributed by atoms with Crippen LogP contribution in [0.5, 0.6) is 0 Å². The summed E-state index contributed by atoms with van der Waals surface area (Å²) in [7, 11) is 0. The smallest absolute Gasteiger partial charge is 0.246 e. The van der Waals surface area contributed by atoms with Crippen LogP contribution in [-0.4, -0.2) is 23.2 Å². The fourth-order valence-electron chi connectivity index (χ4n) is 1.58. The lowest BCUT2D eigenvalue weighted by Crippen LogP contribution is -2.69. The Balaban J connectivity index is 2.34. The van der Waals surface area contributed by atoms with Crippen molar-refractivity contribution >= 4 is 28.9 Å². The number of nitrogens with one attached hydrogen (secondary N) is 1. The highest BCUT2D eigenvalue weighted by molar-refractivity contribution is 7.80. The van der Waals surface area contributed by atoms with E-state index in [0.29, 0.717) is 0 Å². The Morgan fingerprint density at radius 3 is 2.50 bits per heavy atom. The van der Waals surface area contributed by atoms with Crippen LogP contribution in [0.1, 0.15) is 0 Å². The second kappa shape index (κ2) is 4.17. The third kappa shape index (κ3) is 1.78. The van der Waals surface area contributed by atoms with Crippen LogP contribution in [-0.2, 0) is 4.79 Å². The van der Waals surface area contributed by atoms with Gasteiger partial charge < -0.3 is 21.7 Å². The van der Waals surface area contributed by atoms with Crippen LogP contribution in [0.3, 0.4) is 0 Å². The number of nitrogens with zero attached hydrogens (tertiary/aromatic N) is 1. The predicted molar refractivity (Wildman–Crippen MR) is 65.6 cm³/mol. The monoisotopic (exact) mass is 236 g/mol. The standard InChI is InChI=1S/C10H12N4OS/c11-7-8(12)14(10(16)13-9(7)15)6-4-2-1-3-5-6/h1-5,7-8H,11-12H2,(H,13,15,16). The molecular formula is C10H12N4OS. The van der Waals surface area contributed by atoms with Crippen molar-refractivity contribution < 1.29 is 4.79 Å². The molecule has 16 heavy (non-hydrogen) atoms. The van der Waals surface area contributed by atoms with Crippen LogP contribution in [0, 0.1) is 0 Å². The molecule has 0 saturated carbocycles. The molecule has 1 fully saturated rings. The number of carbonyl (C=O) groups excluding carboxylic acids is 1. The second-order valence-corrected chi connectivity index (χ2v) is 3.90. The number of hydrogen-bond donors (Lipinski definition) is 3. The zero-order valence-corrected chi connectivity index (χ0v) is 9.28. The molecule has 0 aliphatic carbocycles. The van der Waals surface area contributed by atoms with Crippen LogP contribution in [0.2, 0.25) is 0 Å². The van der Waals surface area contributed by atoms with Crippen molar-refractivity contribution in [3.05, 3.63) is 30.3 Å². The minimum atomic E-state index is -0.785. The van der Waals surface area contributed by atoms with Gasteiger partial charge in [-0.05, 0) is 24.4 Å². The number of nitrogens with two attached hydrogens (primary N) is 2. The molecule has 1 aromatic rings. The van der Waals surface area contributed by atoms with Crippen molar-refractivity contribution in [3.63, 3.8) is 0 Å². The molecular weight excluding hydrogens is 224 g/mol. The molecule has 1 amide bonds. The lowest BCUT2D eigenvalue weighted by molar-refractivity contribution is -0.121. The zero-order chi connectivity index (χ0) is 11.7. The average molecular weight is 236 g/mol. The van der Waals surface area contributed by atoms with E-state index >= 15 is 0 Å². The first-order valence-corrected chi connectivity index (χ1v) is 5.22. The van der Waals surface area contributed by atoms with E-state index in [1.807, 2.05) is 30.3 Å². The molecule has 2 rings (SSSR count). The van der Waals surface area contributed by atoms with E-state index in [9.17, 15) is 4.79 Å². The van der Waals surface area contributed by atoms with E-state index in [2.05, 4.69) is 5.32 Å². The first-order valence-electron chi connectivity index (χ1n) is 4.81. The lowest BCUT2D eigenvalue weighted by Gasteiger charge is -2.38. The molecule has 1 heterocycles. The summed E-state index contributed by atoms with van der Waals surface area (Å²) in [5, 5.41) is 2.80. The number of rotatable bonds is 1. The Bertz CT molecular complexity index is 422.